The molecule has 1 aromatic rings. The van der Waals surface area contributed by atoms with Crippen molar-refractivity contribution >= 4 is 34.6 Å². The smallest absolute Gasteiger partial charge is 0.0658 e. The van der Waals surface area contributed by atoms with Crippen LogP contribution in [0.3, 0.4) is 0 Å². The Kier molecular flexibility index (Phi) is 4.30. The molecule has 0 saturated heterocycles. The van der Waals surface area contributed by atoms with Gasteiger partial charge in [-0.05, 0) is 25.5 Å². The van der Waals surface area contributed by atoms with Crippen LogP contribution in [-0.4, -0.2) is 17.3 Å². The molecule has 1 unspecified atom stereocenters. The van der Waals surface area contributed by atoms with E-state index in [4.69, 9.17) is 28.9 Å². The Morgan fingerprint density at radius 3 is 2.44 bits per heavy atom. The Labute approximate surface area is 106 Å². The molecule has 3 nitrogen and oxygen atoms in total. The highest BCUT2D eigenvalue weighted by molar-refractivity contribution is 6.42. The van der Waals surface area contributed by atoms with Gasteiger partial charge in [-0.1, -0.05) is 30.1 Å². The van der Waals surface area contributed by atoms with Crippen molar-refractivity contribution in [2.75, 3.05) is 17.7 Å². The minimum Gasteiger partial charge on any atom is -0.397 e. The molecule has 0 aliphatic carbocycles. The van der Waals surface area contributed by atoms with Crippen LogP contribution in [0.1, 0.15) is 20.3 Å². The van der Waals surface area contributed by atoms with Crippen LogP contribution in [0.4, 0.5) is 11.4 Å². The van der Waals surface area contributed by atoms with Crippen LogP contribution >= 0.6 is 23.2 Å². The molecular formula is C11H16Cl2N2O. The van der Waals surface area contributed by atoms with Gasteiger partial charge in [0.05, 0.1) is 33.6 Å². The van der Waals surface area contributed by atoms with E-state index in [1.165, 1.54) is 0 Å². The third-order valence-electron chi connectivity index (χ3n) is 2.66. The lowest BCUT2D eigenvalue weighted by molar-refractivity contribution is 0.219. The van der Waals surface area contributed by atoms with Crippen LogP contribution in [-0.2, 0) is 0 Å². The van der Waals surface area contributed by atoms with Gasteiger partial charge in [-0.15, -0.1) is 0 Å². The van der Waals surface area contributed by atoms with Crippen molar-refractivity contribution in [3.05, 3.63) is 22.2 Å². The molecule has 0 fully saturated rings. The molecule has 0 radical (unpaired) electrons. The van der Waals surface area contributed by atoms with E-state index < -0.39 is 5.54 Å². The van der Waals surface area contributed by atoms with Gasteiger partial charge in [-0.25, -0.2) is 0 Å². The number of hydrogen-bond acceptors (Lipinski definition) is 3. The van der Waals surface area contributed by atoms with Gasteiger partial charge in [0.15, 0.2) is 0 Å². The van der Waals surface area contributed by atoms with Gasteiger partial charge in [-0.3, -0.25) is 0 Å². The van der Waals surface area contributed by atoms with Crippen molar-refractivity contribution in [3.63, 3.8) is 0 Å². The molecule has 1 atom stereocenters. The predicted molar refractivity (Wildman–Crippen MR) is 70.3 cm³/mol. The van der Waals surface area contributed by atoms with Gasteiger partial charge in [0.25, 0.3) is 0 Å². The van der Waals surface area contributed by atoms with Crippen LogP contribution in [0.25, 0.3) is 0 Å². The summed E-state index contributed by atoms with van der Waals surface area (Å²) in [4.78, 5) is 0. The SMILES string of the molecule is CCC(C)(CO)Nc1cc(Cl)c(Cl)cc1N. The number of nitrogens with two attached hydrogens (primary N) is 1. The Hall–Kier alpha value is -0.640. The largest absolute Gasteiger partial charge is 0.397 e. The molecule has 0 spiro atoms. The van der Waals surface area contributed by atoms with Crippen molar-refractivity contribution < 1.29 is 5.11 Å². The standard InChI is InChI=1S/C11H16Cl2N2O/c1-3-11(2,6-16)15-10-5-8(13)7(12)4-9(10)14/h4-5,15-16H,3,6,14H2,1-2H3. The second kappa shape index (κ2) is 5.13. The first kappa shape index (κ1) is 13.4. The van der Waals surface area contributed by atoms with E-state index in [0.717, 1.165) is 6.42 Å². The molecule has 0 aliphatic heterocycles. The molecule has 16 heavy (non-hydrogen) atoms. The van der Waals surface area contributed by atoms with E-state index in [9.17, 15) is 5.11 Å². The third-order valence-corrected chi connectivity index (χ3v) is 3.38. The van der Waals surface area contributed by atoms with Crippen molar-refractivity contribution in [1.29, 1.82) is 0 Å². The summed E-state index contributed by atoms with van der Waals surface area (Å²) in [5.74, 6) is 0. The molecule has 1 rings (SSSR count). The molecule has 0 heterocycles. The van der Waals surface area contributed by atoms with Crippen LogP contribution in [0.5, 0.6) is 0 Å². The van der Waals surface area contributed by atoms with Gasteiger partial charge in [0.1, 0.15) is 0 Å². The average Bonchev–Trinajstić information content (AvgIpc) is 2.25. The maximum Gasteiger partial charge on any atom is 0.0658 e. The van der Waals surface area contributed by atoms with Gasteiger partial charge < -0.3 is 16.2 Å². The summed E-state index contributed by atoms with van der Waals surface area (Å²) in [6.07, 6.45) is 0.767. The van der Waals surface area contributed by atoms with Crippen LogP contribution in [0.2, 0.25) is 10.0 Å². The molecule has 0 aliphatic rings. The number of nitrogens with one attached hydrogen (secondary N) is 1. The van der Waals surface area contributed by atoms with Crippen molar-refractivity contribution in [2.24, 2.45) is 0 Å². The zero-order chi connectivity index (χ0) is 12.3. The molecule has 0 saturated carbocycles. The summed E-state index contributed by atoms with van der Waals surface area (Å²) in [7, 11) is 0. The van der Waals surface area contributed by atoms with E-state index in [-0.39, 0.29) is 6.61 Å². The molecule has 90 valence electrons. The summed E-state index contributed by atoms with van der Waals surface area (Å²) in [5, 5.41) is 13.3. The first-order chi connectivity index (χ1) is 7.41. The number of halogens is 2. The molecule has 0 bridgehead atoms. The highest BCUT2D eigenvalue weighted by Crippen LogP contribution is 2.32. The monoisotopic (exact) mass is 262 g/mol. The first-order valence-corrected chi connectivity index (χ1v) is 5.81. The van der Waals surface area contributed by atoms with Crippen molar-refractivity contribution in [2.45, 2.75) is 25.8 Å². The van der Waals surface area contributed by atoms with Gasteiger partial charge in [0.2, 0.25) is 0 Å². The summed E-state index contributed by atoms with van der Waals surface area (Å²) in [6.45, 7) is 3.91. The number of nitrogen functional groups attached to an aromatic ring is 1. The summed E-state index contributed by atoms with van der Waals surface area (Å²) in [6, 6.07) is 3.27. The molecule has 1 aromatic carbocycles. The van der Waals surface area contributed by atoms with E-state index in [1.807, 2.05) is 13.8 Å². The van der Waals surface area contributed by atoms with Crippen LogP contribution in [0, 0.1) is 0 Å². The number of hydrogen-bond donors (Lipinski definition) is 3. The molecule has 4 N–H and O–H groups in total. The van der Waals surface area contributed by atoms with E-state index in [1.54, 1.807) is 12.1 Å². The van der Waals surface area contributed by atoms with E-state index in [2.05, 4.69) is 5.32 Å². The van der Waals surface area contributed by atoms with Gasteiger partial charge in [0, 0.05) is 0 Å². The van der Waals surface area contributed by atoms with Gasteiger partial charge in [-0.2, -0.15) is 0 Å². The number of aliphatic hydroxyl groups excluding tert-OH is 1. The Morgan fingerprint density at radius 2 is 1.94 bits per heavy atom. The molecular weight excluding hydrogens is 247 g/mol. The number of rotatable bonds is 4. The van der Waals surface area contributed by atoms with Crippen molar-refractivity contribution in [1.82, 2.24) is 0 Å². The Bertz CT molecular complexity index is 378. The lowest BCUT2D eigenvalue weighted by Gasteiger charge is -2.29. The fourth-order valence-corrected chi connectivity index (χ4v) is 1.57. The number of aliphatic hydroxyl groups is 1. The highest BCUT2D eigenvalue weighted by Gasteiger charge is 2.21. The summed E-state index contributed by atoms with van der Waals surface area (Å²) in [5.41, 5.74) is 6.61. The van der Waals surface area contributed by atoms with Crippen LogP contribution in [0.15, 0.2) is 12.1 Å². The second-order valence-electron chi connectivity index (χ2n) is 4.05. The molecule has 0 aromatic heterocycles. The summed E-state index contributed by atoms with van der Waals surface area (Å²) < 4.78 is 0. The van der Waals surface area contributed by atoms with Crippen molar-refractivity contribution in [3.8, 4) is 0 Å². The van der Waals surface area contributed by atoms with Crippen LogP contribution < -0.4 is 11.1 Å². The Morgan fingerprint density at radius 1 is 1.38 bits per heavy atom. The fraction of sp³-hybridized carbons (Fsp3) is 0.455. The topological polar surface area (TPSA) is 58.3 Å². The number of anilines is 2. The maximum absolute atomic E-state index is 9.30. The molecule has 5 heteroatoms. The fourth-order valence-electron chi connectivity index (χ4n) is 1.24. The zero-order valence-corrected chi connectivity index (χ0v) is 10.9. The summed E-state index contributed by atoms with van der Waals surface area (Å²) >= 11 is 11.7. The van der Waals surface area contributed by atoms with E-state index in [0.29, 0.717) is 21.4 Å². The number of benzene rings is 1. The van der Waals surface area contributed by atoms with E-state index >= 15 is 0 Å². The minimum atomic E-state index is -0.411. The average molecular weight is 263 g/mol. The highest BCUT2D eigenvalue weighted by atomic mass is 35.5. The minimum absolute atomic E-state index is 0.0170. The lowest BCUT2D eigenvalue weighted by Crippen LogP contribution is -2.38. The quantitative estimate of drug-likeness (QED) is 0.731. The maximum atomic E-state index is 9.30. The normalized spacial score (nSPS) is 14.6. The Balaban J connectivity index is 3.01. The lowest BCUT2D eigenvalue weighted by atomic mass is 9.99. The van der Waals surface area contributed by atoms with Gasteiger partial charge >= 0.3 is 0 Å². The zero-order valence-electron chi connectivity index (χ0n) is 9.35. The third kappa shape index (κ3) is 2.94. The predicted octanol–water partition coefficient (Wildman–Crippen LogP) is 3.15. The molecule has 0 amide bonds. The second-order valence-corrected chi connectivity index (χ2v) is 4.87. The first-order valence-electron chi connectivity index (χ1n) is 5.05.